The maximum Gasteiger partial charge on any atom is 0.257 e. The summed E-state index contributed by atoms with van der Waals surface area (Å²) in [6.07, 6.45) is 4.36. The van der Waals surface area contributed by atoms with Gasteiger partial charge in [0.2, 0.25) is 5.95 Å². The summed E-state index contributed by atoms with van der Waals surface area (Å²) in [7, 11) is 0. The van der Waals surface area contributed by atoms with Gasteiger partial charge in [-0.25, -0.2) is 4.98 Å². The smallest absolute Gasteiger partial charge is 0.257 e. The van der Waals surface area contributed by atoms with Crippen LogP contribution in [0.2, 0.25) is 0 Å². The van der Waals surface area contributed by atoms with E-state index in [1.165, 1.54) is 18.4 Å². The molecule has 1 fully saturated rings. The number of nitrogens with one attached hydrogen (secondary N) is 1. The Morgan fingerprint density at radius 1 is 1.15 bits per heavy atom. The SMILES string of the molecule is C[C@H](CCN1CCc2nc(N3CCCC3)[nH]c(=O)c2C1)c1ccccc1. The van der Waals surface area contributed by atoms with Crippen molar-refractivity contribution >= 4 is 5.95 Å². The molecular weight excluding hydrogens is 324 g/mol. The molecule has 2 aromatic rings. The van der Waals surface area contributed by atoms with E-state index in [1.54, 1.807) is 0 Å². The van der Waals surface area contributed by atoms with Crippen molar-refractivity contribution in [2.24, 2.45) is 0 Å². The van der Waals surface area contributed by atoms with E-state index in [2.05, 4.69) is 52.0 Å². The average Bonchev–Trinajstić information content (AvgIpc) is 3.22. The lowest BCUT2D eigenvalue weighted by molar-refractivity contribution is 0.242. The minimum absolute atomic E-state index is 0.0534. The lowest BCUT2D eigenvalue weighted by atomic mass is 9.97. The first-order valence-electron chi connectivity index (χ1n) is 9.85. The van der Waals surface area contributed by atoms with Crippen LogP contribution in [0.15, 0.2) is 35.1 Å². The zero-order chi connectivity index (χ0) is 17.9. The van der Waals surface area contributed by atoms with Crippen molar-refractivity contribution in [3.05, 3.63) is 57.5 Å². The number of hydrogen-bond acceptors (Lipinski definition) is 4. The third-order valence-corrected chi connectivity index (χ3v) is 5.79. The Bertz CT molecular complexity index is 795. The van der Waals surface area contributed by atoms with Crippen molar-refractivity contribution in [2.45, 2.75) is 45.1 Å². The summed E-state index contributed by atoms with van der Waals surface area (Å²) in [4.78, 5) is 25.0. The van der Waals surface area contributed by atoms with E-state index < -0.39 is 0 Å². The van der Waals surface area contributed by atoms with Crippen molar-refractivity contribution in [1.29, 1.82) is 0 Å². The van der Waals surface area contributed by atoms with Gasteiger partial charge in [-0.3, -0.25) is 14.7 Å². The van der Waals surface area contributed by atoms with Crippen molar-refractivity contribution in [1.82, 2.24) is 14.9 Å². The van der Waals surface area contributed by atoms with E-state index in [0.717, 1.165) is 62.8 Å². The largest absolute Gasteiger partial charge is 0.342 e. The Morgan fingerprint density at radius 2 is 1.92 bits per heavy atom. The second-order valence-electron chi connectivity index (χ2n) is 7.64. The van der Waals surface area contributed by atoms with Crippen LogP contribution < -0.4 is 10.5 Å². The van der Waals surface area contributed by atoms with E-state index in [0.29, 0.717) is 5.92 Å². The van der Waals surface area contributed by atoms with Crippen molar-refractivity contribution in [3.63, 3.8) is 0 Å². The topological polar surface area (TPSA) is 52.2 Å². The Morgan fingerprint density at radius 3 is 2.69 bits per heavy atom. The highest BCUT2D eigenvalue weighted by atomic mass is 16.1. The fraction of sp³-hybridized carbons (Fsp3) is 0.524. The van der Waals surface area contributed by atoms with Gasteiger partial charge in [-0.15, -0.1) is 0 Å². The van der Waals surface area contributed by atoms with Gasteiger partial charge in [0.15, 0.2) is 0 Å². The molecular formula is C21H28N4O. The molecule has 0 spiro atoms. The van der Waals surface area contributed by atoms with Crippen molar-refractivity contribution < 1.29 is 0 Å². The fourth-order valence-corrected chi connectivity index (χ4v) is 4.06. The minimum Gasteiger partial charge on any atom is -0.342 e. The molecule has 1 atom stereocenters. The highest BCUT2D eigenvalue weighted by Crippen LogP contribution is 2.22. The van der Waals surface area contributed by atoms with Crippen LogP contribution in [0.1, 0.15) is 48.9 Å². The van der Waals surface area contributed by atoms with Crippen LogP contribution in [0, 0.1) is 0 Å². The zero-order valence-corrected chi connectivity index (χ0v) is 15.6. The van der Waals surface area contributed by atoms with Gasteiger partial charge in [0.1, 0.15) is 0 Å². The van der Waals surface area contributed by atoms with Crippen LogP contribution >= 0.6 is 0 Å². The van der Waals surface area contributed by atoms with E-state index in [9.17, 15) is 4.79 Å². The maximum absolute atomic E-state index is 12.6. The predicted octanol–water partition coefficient (Wildman–Crippen LogP) is 2.92. The van der Waals surface area contributed by atoms with Crippen LogP contribution in [0.4, 0.5) is 5.95 Å². The van der Waals surface area contributed by atoms with Gasteiger partial charge in [0, 0.05) is 32.6 Å². The minimum atomic E-state index is 0.0534. The van der Waals surface area contributed by atoms with E-state index in [-0.39, 0.29) is 5.56 Å². The number of aromatic amines is 1. The molecule has 2 aliphatic rings. The van der Waals surface area contributed by atoms with Crippen LogP contribution in [0.3, 0.4) is 0 Å². The molecule has 3 heterocycles. The lowest BCUT2D eigenvalue weighted by Gasteiger charge is -2.29. The Hall–Kier alpha value is -2.14. The molecule has 0 radical (unpaired) electrons. The molecule has 0 saturated carbocycles. The summed E-state index contributed by atoms with van der Waals surface area (Å²) in [5, 5.41) is 0. The first-order chi connectivity index (χ1) is 12.7. The van der Waals surface area contributed by atoms with Crippen LogP contribution in [-0.4, -0.2) is 41.0 Å². The molecule has 5 nitrogen and oxygen atoms in total. The third kappa shape index (κ3) is 3.68. The summed E-state index contributed by atoms with van der Waals surface area (Å²) >= 11 is 0. The van der Waals surface area contributed by atoms with E-state index >= 15 is 0 Å². The number of aromatic nitrogens is 2. The first-order valence-corrected chi connectivity index (χ1v) is 9.85. The monoisotopic (exact) mass is 352 g/mol. The molecule has 1 N–H and O–H groups in total. The fourth-order valence-electron chi connectivity index (χ4n) is 4.06. The molecule has 1 aromatic carbocycles. The number of benzene rings is 1. The van der Waals surface area contributed by atoms with Gasteiger partial charge >= 0.3 is 0 Å². The highest BCUT2D eigenvalue weighted by molar-refractivity contribution is 5.35. The van der Waals surface area contributed by atoms with Gasteiger partial charge in [-0.1, -0.05) is 37.3 Å². The molecule has 0 bridgehead atoms. The number of H-pyrrole nitrogens is 1. The summed E-state index contributed by atoms with van der Waals surface area (Å²) < 4.78 is 0. The first kappa shape index (κ1) is 17.3. The molecule has 0 amide bonds. The predicted molar refractivity (Wildman–Crippen MR) is 105 cm³/mol. The second kappa shape index (κ2) is 7.62. The average molecular weight is 352 g/mol. The molecule has 2 aliphatic heterocycles. The molecule has 26 heavy (non-hydrogen) atoms. The lowest BCUT2D eigenvalue weighted by Crippen LogP contribution is -2.37. The van der Waals surface area contributed by atoms with Gasteiger partial charge in [0.05, 0.1) is 11.3 Å². The summed E-state index contributed by atoms with van der Waals surface area (Å²) in [5.74, 6) is 1.31. The quantitative estimate of drug-likeness (QED) is 0.899. The standard InChI is InChI=1S/C21H28N4O/c1-16(17-7-3-2-4-8-17)9-13-24-14-10-19-18(15-24)20(26)23-21(22-19)25-11-5-6-12-25/h2-4,7-8,16H,5-6,9-15H2,1H3,(H,22,23,26)/t16-/m1/s1. The summed E-state index contributed by atoms with van der Waals surface area (Å²) in [6, 6.07) is 10.7. The van der Waals surface area contributed by atoms with Crippen LogP contribution in [0.5, 0.6) is 0 Å². The number of fused-ring (bicyclic) bond motifs is 1. The number of hydrogen-bond donors (Lipinski definition) is 1. The van der Waals surface area contributed by atoms with Crippen molar-refractivity contribution in [3.8, 4) is 0 Å². The number of rotatable bonds is 5. The molecule has 1 aromatic heterocycles. The molecule has 1 saturated heterocycles. The van der Waals surface area contributed by atoms with E-state index in [1.807, 2.05) is 0 Å². The number of nitrogens with zero attached hydrogens (tertiary/aromatic N) is 3. The van der Waals surface area contributed by atoms with E-state index in [4.69, 9.17) is 4.98 Å². The Kier molecular flexibility index (Phi) is 5.07. The highest BCUT2D eigenvalue weighted by Gasteiger charge is 2.23. The molecule has 138 valence electrons. The van der Waals surface area contributed by atoms with Crippen molar-refractivity contribution in [2.75, 3.05) is 31.1 Å². The van der Waals surface area contributed by atoms with Crippen LogP contribution in [0.25, 0.3) is 0 Å². The Balaban J connectivity index is 1.40. The van der Waals surface area contributed by atoms with Gasteiger partial charge in [-0.2, -0.15) is 0 Å². The van der Waals surface area contributed by atoms with Crippen LogP contribution in [-0.2, 0) is 13.0 Å². The summed E-state index contributed by atoms with van der Waals surface area (Å²) in [6.45, 7) is 7.02. The maximum atomic E-state index is 12.6. The third-order valence-electron chi connectivity index (χ3n) is 5.79. The molecule has 0 aliphatic carbocycles. The zero-order valence-electron chi connectivity index (χ0n) is 15.6. The Labute approximate surface area is 155 Å². The molecule has 0 unspecified atom stereocenters. The number of anilines is 1. The van der Waals surface area contributed by atoms with Gasteiger partial charge in [-0.05, 0) is 37.3 Å². The van der Waals surface area contributed by atoms with Gasteiger partial charge in [0.25, 0.3) is 5.56 Å². The summed E-state index contributed by atoms with van der Waals surface area (Å²) in [5.41, 5.74) is 3.31. The van der Waals surface area contributed by atoms with Gasteiger partial charge < -0.3 is 4.90 Å². The second-order valence-corrected chi connectivity index (χ2v) is 7.64. The normalized spacial score (nSPS) is 18.7. The molecule has 4 rings (SSSR count). The molecule has 5 heteroatoms.